The van der Waals surface area contributed by atoms with Gasteiger partial charge >= 0.3 is 0 Å². The van der Waals surface area contributed by atoms with E-state index in [4.69, 9.17) is 11.6 Å². The molecule has 0 saturated carbocycles. The first kappa shape index (κ1) is 17.2. The third-order valence-electron chi connectivity index (χ3n) is 3.37. The van der Waals surface area contributed by atoms with Gasteiger partial charge in [0, 0.05) is 0 Å². The summed E-state index contributed by atoms with van der Waals surface area (Å²) in [4.78, 5) is 22.9. The van der Waals surface area contributed by atoms with Crippen LogP contribution in [0.2, 0.25) is 5.02 Å². The number of carbonyl (C=O) groups is 2. The molecule has 0 radical (unpaired) electrons. The molecule has 1 aliphatic rings. The molecule has 0 saturated heterocycles. The zero-order chi connectivity index (χ0) is 18.2. The van der Waals surface area contributed by atoms with Crippen LogP contribution in [0.4, 0.5) is 21.5 Å². The Labute approximate surface area is 147 Å². The predicted molar refractivity (Wildman–Crippen MR) is 90.5 cm³/mol. The highest BCUT2D eigenvalue weighted by Crippen LogP contribution is 2.30. The molecular weight excluding hydrogens is 373 g/mol. The number of halogens is 2. The molecule has 2 aromatic rings. The van der Waals surface area contributed by atoms with Gasteiger partial charge in [0.05, 0.1) is 27.0 Å². The van der Waals surface area contributed by atoms with Crippen LogP contribution in [0.1, 0.15) is 6.42 Å². The van der Waals surface area contributed by atoms with E-state index in [0.29, 0.717) is 0 Å². The third-order valence-corrected chi connectivity index (χ3v) is 5.02. The molecule has 130 valence electrons. The second-order valence-corrected chi connectivity index (χ2v) is 7.28. The lowest BCUT2D eigenvalue weighted by molar-refractivity contribution is -0.123. The summed E-state index contributed by atoms with van der Waals surface area (Å²) in [6.07, 6.45) is -0.372. The predicted octanol–water partition coefficient (Wildman–Crippen LogP) is 2.56. The molecular formula is C15H11ClFN3O4S. The minimum absolute atomic E-state index is 0.130. The van der Waals surface area contributed by atoms with Crippen LogP contribution in [-0.4, -0.2) is 20.2 Å². The van der Waals surface area contributed by atoms with Gasteiger partial charge in [-0.15, -0.1) is 0 Å². The van der Waals surface area contributed by atoms with Gasteiger partial charge in [-0.2, -0.15) is 0 Å². The lowest BCUT2D eigenvalue weighted by Crippen LogP contribution is -2.16. The molecule has 2 amide bonds. The minimum atomic E-state index is -4.14. The molecule has 0 aromatic heterocycles. The Morgan fingerprint density at radius 1 is 1.04 bits per heavy atom. The molecule has 0 aliphatic carbocycles. The zero-order valence-corrected chi connectivity index (χ0v) is 14.0. The lowest BCUT2D eigenvalue weighted by atomic mass is 10.2. The lowest BCUT2D eigenvalue weighted by Gasteiger charge is -2.12. The number of fused-ring (bicyclic) bond motifs is 1. The number of rotatable bonds is 3. The van der Waals surface area contributed by atoms with E-state index in [-0.39, 0.29) is 33.4 Å². The Hall–Kier alpha value is -2.65. The summed E-state index contributed by atoms with van der Waals surface area (Å²) < 4.78 is 40.9. The van der Waals surface area contributed by atoms with Gasteiger partial charge in [0.15, 0.2) is 5.82 Å². The highest BCUT2D eigenvalue weighted by atomic mass is 35.5. The summed E-state index contributed by atoms with van der Waals surface area (Å²) in [5.41, 5.74) is 0.0915. The summed E-state index contributed by atoms with van der Waals surface area (Å²) in [6, 6.07) is 7.64. The number of hydrogen-bond donors (Lipinski definition) is 3. The smallest absolute Gasteiger partial charge is 0.262 e. The van der Waals surface area contributed by atoms with Gasteiger partial charge in [-0.25, -0.2) is 12.8 Å². The van der Waals surface area contributed by atoms with Crippen molar-refractivity contribution >= 4 is 50.5 Å². The fraction of sp³-hybridized carbons (Fsp3) is 0.0667. The van der Waals surface area contributed by atoms with Crippen LogP contribution in [0.25, 0.3) is 0 Å². The van der Waals surface area contributed by atoms with Crippen molar-refractivity contribution in [3.63, 3.8) is 0 Å². The maximum atomic E-state index is 13.9. The summed E-state index contributed by atoms with van der Waals surface area (Å²) in [7, 11) is -4.14. The standard InChI is InChI=1S/C15H11ClFN3O4S/c16-9-2-1-3-11(15(9)17)20-25(23,24)8-4-5-10-12(6-8)19-14(22)7-13(21)18-10/h1-6,20H,7H2,(H,18,21)(H,19,22). The highest BCUT2D eigenvalue weighted by Gasteiger charge is 2.22. The molecule has 0 spiro atoms. The van der Waals surface area contributed by atoms with Crippen LogP contribution in [0.15, 0.2) is 41.3 Å². The van der Waals surface area contributed by atoms with Gasteiger partial charge in [-0.3, -0.25) is 14.3 Å². The molecule has 7 nitrogen and oxygen atoms in total. The average Bonchev–Trinajstić information content (AvgIpc) is 2.67. The Bertz CT molecular complexity index is 994. The van der Waals surface area contributed by atoms with E-state index < -0.39 is 27.7 Å². The van der Waals surface area contributed by atoms with Gasteiger partial charge in [-0.05, 0) is 30.3 Å². The van der Waals surface area contributed by atoms with Crippen molar-refractivity contribution in [1.82, 2.24) is 0 Å². The van der Waals surface area contributed by atoms with Crippen molar-refractivity contribution in [2.45, 2.75) is 11.3 Å². The van der Waals surface area contributed by atoms with E-state index in [0.717, 1.165) is 0 Å². The molecule has 3 N–H and O–H groups in total. The van der Waals surface area contributed by atoms with Crippen molar-refractivity contribution in [3.8, 4) is 0 Å². The highest BCUT2D eigenvalue weighted by molar-refractivity contribution is 7.92. The topological polar surface area (TPSA) is 104 Å². The SMILES string of the molecule is O=C1CC(=O)Nc2cc(S(=O)(=O)Nc3cccc(Cl)c3F)ccc2N1. The molecule has 25 heavy (non-hydrogen) atoms. The third kappa shape index (κ3) is 3.57. The van der Waals surface area contributed by atoms with Crippen LogP contribution < -0.4 is 15.4 Å². The van der Waals surface area contributed by atoms with Crippen LogP contribution in [-0.2, 0) is 19.6 Å². The van der Waals surface area contributed by atoms with E-state index in [9.17, 15) is 22.4 Å². The molecule has 0 unspecified atom stereocenters. The number of sulfonamides is 1. The Kier molecular flexibility index (Phi) is 4.36. The van der Waals surface area contributed by atoms with E-state index >= 15 is 0 Å². The summed E-state index contributed by atoms with van der Waals surface area (Å²) in [5, 5.41) is 4.70. The van der Waals surface area contributed by atoms with Crippen LogP contribution in [0.5, 0.6) is 0 Å². The van der Waals surface area contributed by atoms with E-state index in [1.807, 2.05) is 0 Å². The molecule has 1 aliphatic heterocycles. The Morgan fingerprint density at radius 2 is 1.72 bits per heavy atom. The number of carbonyl (C=O) groups excluding carboxylic acids is 2. The van der Waals surface area contributed by atoms with Crippen LogP contribution in [0, 0.1) is 5.82 Å². The van der Waals surface area contributed by atoms with Crippen molar-refractivity contribution in [3.05, 3.63) is 47.2 Å². The molecule has 2 aromatic carbocycles. The summed E-state index contributed by atoms with van der Waals surface area (Å²) in [5.74, 6) is -1.98. The quantitative estimate of drug-likeness (QED) is 0.708. The molecule has 10 heteroatoms. The molecule has 0 atom stereocenters. The fourth-order valence-electron chi connectivity index (χ4n) is 2.22. The molecule has 3 rings (SSSR count). The van der Waals surface area contributed by atoms with Crippen LogP contribution >= 0.6 is 11.6 Å². The molecule has 1 heterocycles. The molecule has 0 bridgehead atoms. The van der Waals surface area contributed by atoms with E-state index in [1.165, 1.54) is 36.4 Å². The van der Waals surface area contributed by atoms with Gasteiger partial charge < -0.3 is 10.6 Å². The fourth-order valence-corrected chi connectivity index (χ4v) is 3.48. The Morgan fingerprint density at radius 3 is 2.44 bits per heavy atom. The second kappa shape index (κ2) is 6.34. The number of nitrogens with one attached hydrogen (secondary N) is 3. The van der Waals surface area contributed by atoms with Gasteiger partial charge in [0.2, 0.25) is 11.8 Å². The van der Waals surface area contributed by atoms with Crippen molar-refractivity contribution in [2.75, 3.05) is 15.4 Å². The first-order valence-corrected chi connectivity index (χ1v) is 8.83. The van der Waals surface area contributed by atoms with Gasteiger partial charge in [0.25, 0.3) is 10.0 Å². The van der Waals surface area contributed by atoms with Crippen molar-refractivity contribution in [1.29, 1.82) is 0 Å². The average molecular weight is 384 g/mol. The van der Waals surface area contributed by atoms with E-state index in [2.05, 4.69) is 15.4 Å². The van der Waals surface area contributed by atoms with Gasteiger partial charge in [-0.1, -0.05) is 17.7 Å². The monoisotopic (exact) mass is 383 g/mol. The molecule has 0 fully saturated rings. The first-order valence-electron chi connectivity index (χ1n) is 6.97. The maximum Gasteiger partial charge on any atom is 0.262 e. The largest absolute Gasteiger partial charge is 0.324 e. The van der Waals surface area contributed by atoms with Gasteiger partial charge in [0.1, 0.15) is 6.42 Å². The number of anilines is 3. The summed E-state index contributed by atoms with van der Waals surface area (Å²) in [6.45, 7) is 0. The maximum absolute atomic E-state index is 13.9. The number of amides is 2. The van der Waals surface area contributed by atoms with Crippen molar-refractivity contribution < 1.29 is 22.4 Å². The van der Waals surface area contributed by atoms with E-state index in [1.54, 1.807) is 0 Å². The Balaban J connectivity index is 1.97. The second-order valence-electron chi connectivity index (χ2n) is 5.19. The zero-order valence-electron chi connectivity index (χ0n) is 12.5. The minimum Gasteiger partial charge on any atom is -0.324 e. The number of hydrogen-bond acceptors (Lipinski definition) is 4. The summed E-state index contributed by atoms with van der Waals surface area (Å²) >= 11 is 5.63. The van der Waals surface area contributed by atoms with Crippen molar-refractivity contribution in [2.24, 2.45) is 0 Å². The normalized spacial score (nSPS) is 14.2. The first-order chi connectivity index (χ1) is 11.8. The van der Waals surface area contributed by atoms with Crippen LogP contribution in [0.3, 0.4) is 0 Å². The number of benzene rings is 2.